The normalized spacial score (nSPS) is 15.6. The van der Waals surface area contributed by atoms with E-state index in [-0.39, 0.29) is 5.41 Å². The number of hydrogen-bond acceptors (Lipinski definition) is 2. The molecule has 0 spiro atoms. The standard InChI is InChI=1S/C13H16N2.C2H6/c1-8-10(7-14)9(2)15-11-5-6-13(3,4)12(8)11;1-2/h5-6H2,1-4H3;1-2H3. The molecule has 0 unspecified atom stereocenters. The third kappa shape index (κ3) is 2.20. The molecule has 0 atom stereocenters. The van der Waals surface area contributed by atoms with Crippen LogP contribution in [0.25, 0.3) is 0 Å². The Morgan fingerprint density at radius 1 is 1.24 bits per heavy atom. The summed E-state index contributed by atoms with van der Waals surface area (Å²) in [6, 6.07) is 2.27. The van der Waals surface area contributed by atoms with Crippen molar-refractivity contribution in [3.05, 3.63) is 28.1 Å². The van der Waals surface area contributed by atoms with E-state index < -0.39 is 0 Å². The molecule has 2 heteroatoms. The predicted molar refractivity (Wildman–Crippen MR) is 71.1 cm³/mol. The van der Waals surface area contributed by atoms with Gasteiger partial charge in [0.05, 0.1) is 11.3 Å². The van der Waals surface area contributed by atoms with Crippen molar-refractivity contribution in [3.8, 4) is 6.07 Å². The zero-order valence-corrected chi connectivity index (χ0v) is 11.8. The highest BCUT2D eigenvalue weighted by atomic mass is 14.7. The quantitative estimate of drug-likeness (QED) is 0.679. The fraction of sp³-hybridized carbons (Fsp3) is 0.600. The van der Waals surface area contributed by atoms with Crippen molar-refractivity contribution in [3.63, 3.8) is 0 Å². The van der Waals surface area contributed by atoms with Gasteiger partial charge in [-0.25, -0.2) is 0 Å². The number of nitrogens with zero attached hydrogens (tertiary/aromatic N) is 2. The minimum atomic E-state index is 0.186. The minimum absolute atomic E-state index is 0.186. The Balaban J connectivity index is 0.000000686. The van der Waals surface area contributed by atoms with Gasteiger partial charge < -0.3 is 0 Å². The van der Waals surface area contributed by atoms with Gasteiger partial charge in [-0.3, -0.25) is 4.98 Å². The van der Waals surface area contributed by atoms with E-state index >= 15 is 0 Å². The van der Waals surface area contributed by atoms with Crippen molar-refractivity contribution in [1.29, 1.82) is 5.26 Å². The van der Waals surface area contributed by atoms with Gasteiger partial charge in [0.1, 0.15) is 6.07 Å². The first-order valence-corrected chi connectivity index (χ1v) is 6.38. The van der Waals surface area contributed by atoms with Gasteiger partial charge in [0, 0.05) is 5.69 Å². The second-order valence-electron chi connectivity index (χ2n) is 5.01. The first-order valence-electron chi connectivity index (χ1n) is 6.38. The van der Waals surface area contributed by atoms with E-state index in [0.29, 0.717) is 0 Å². The van der Waals surface area contributed by atoms with E-state index in [0.717, 1.165) is 29.7 Å². The molecule has 2 rings (SSSR count). The molecule has 0 aliphatic heterocycles. The predicted octanol–water partition coefficient (Wildman–Crippen LogP) is 3.82. The van der Waals surface area contributed by atoms with Crippen molar-refractivity contribution >= 4 is 0 Å². The van der Waals surface area contributed by atoms with Crippen molar-refractivity contribution in [1.82, 2.24) is 4.98 Å². The highest BCUT2D eigenvalue weighted by molar-refractivity contribution is 5.51. The molecule has 0 saturated heterocycles. The van der Waals surface area contributed by atoms with Crippen molar-refractivity contribution in [2.45, 2.75) is 59.8 Å². The van der Waals surface area contributed by atoms with Crippen LogP contribution in [0.15, 0.2) is 0 Å². The number of aryl methyl sites for hydroxylation is 2. The van der Waals surface area contributed by atoms with Crippen LogP contribution in [0, 0.1) is 25.2 Å². The SMILES string of the molecule is CC.Cc1nc2c(c(C)c1C#N)C(C)(C)CC2. The average molecular weight is 230 g/mol. The van der Waals surface area contributed by atoms with Gasteiger partial charge >= 0.3 is 0 Å². The van der Waals surface area contributed by atoms with Crippen LogP contribution in [-0.4, -0.2) is 4.98 Å². The molecule has 0 aromatic carbocycles. The largest absolute Gasteiger partial charge is 0.256 e. The third-order valence-electron chi connectivity index (χ3n) is 3.48. The Bertz CT molecular complexity index is 465. The van der Waals surface area contributed by atoms with Crippen LogP contribution in [0.4, 0.5) is 0 Å². The molecule has 2 nitrogen and oxygen atoms in total. The molecule has 1 aliphatic rings. The molecular weight excluding hydrogens is 208 g/mol. The summed E-state index contributed by atoms with van der Waals surface area (Å²) in [6.45, 7) is 12.5. The van der Waals surface area contributed by atoms with Crippen LogP contribution < -0.4 is 0 Å². The average Bonchev–Trinajstić information content (AvgIpc) is 2.58. The Labute approximate surface area is 105 Å². The lowest BCUT2D eigenvalue weighted by Gasteiger charge is -2.21. The summed E-state index contributed by atoms with van der Waals surface area (Å²) < 4.78 is 0. The summed E-state index contributed by atoms with van der Waals surface area (Å²) in [5.74, 6) is 0. The van der Waals surface area contributed by atoms with Crippen LogP contribution in [0.2, 0.25) is 0 Å². The Hall–Kier alpha value is -1.36. The van der Waals surface area contributed by atoms with E-state index in [1.807, 2.05) is 20.8 Å². The maximum Gasteiger partial charge on any atom is 0.101 e. The highest BCUT2D eigenvalue weighted by Crippen LogP contribution is 2.40. The minimum Gasteiger partial charge on any atom is -0.256 e. The molecule has 0 amide bonds. The van der Waals surface area contributed by atoms with Crippen LogP contribution >= 0.6 is 0 Å². The first-order chi connectivity index (χ1) is 7.97. The number of rotatable bonds is 0. The zero-order valence-electron chi connectivity index (χ0n) is 11.8. The second-order valence-corrected chi connectivity index (χ2v) is 5.01. The van der Waals surface area contributed by atoms with Crippen LogP contribution in [0.3, 0.4) is 0 Å². The molecule has 1 heterocycles. The number of aromatic nitrogens is 1. The first kappa shape index (κ1) is 13.7. The Kier molecular flexibility index (Phi) is 3.93. The van der Waals surface area contributed by atoms with E-state index in [1.165, 1.54) is 11.3 Å². The molecule has 17 heavy (non-hydrogen) atoms. The maximum absolute atomic E-state index is 9.11. The van der Waals surface area contributed by atoms with Crippen molar-refractivity contribution < 1.29 is 0 Å². The number of hydrogen-bond donors (Lipinski definition) is 0. The molecular formula is C15H22N2. The highest BCUT2D eigenvalue weighted by Gasteiger charge is 2.33. The van der Waals surface area contributed by atoms with Crippen molar-refractivity contribution in [2.24, 2.45) is 0 Å². The second kappa shape index (κ2) is 4.87. The molecule has 92 valence electrons. The number of nitriles is 1. The molecule has 0 bridgehead atoms. The van der Waals surface area contributed by atoms with Gasteiger partial charge in [0.15, 0.2) is 0 Å². The smallest absolute Gasteiger partial charge is 0.101 e. The molecule has 0 saturated carbocycles. The van der Waals surface area contributed by atoms with E-state index in [2.05, 4.69) is 31.8 Å². The fourth-order valence-electron chi connectivity index (χ4n) is 2.73. The summed E-state index contributed by atoms with van der Waals surface area (Å²) in [5.41, 5.74) is 5.49. The fourth-order valence-corrected chi connectivity index (χ4v) is 2.73. The van der Waals surface area contributed by atoms with Gasteiger partial charge in [-0.15, -0.1) is 0 Å². The van der Waals surface area contributed by atoms with Crippen LogP contribution in [0.1, 0.15) is 62.2 Å². The topological polar surface area (TPSA) is 36.7 Å². The lowest BCUT2D eigenvalue weighted by molar-refractivity contribution is 0.520. The number of fused-ring (bicyclic) bond motifs is 1. The Morgan fingerprint density at radius 3 is 2.35 bits per heavy atom. The van der Waals surface area contributed by atoms with Gasteiger partial charge in [0.25, 0.3) is 0 Å². The van der Waals surface area contributed by atoms with E-state index in [4.69, 9.17) is 5.26 Å². The Morgan fingerprint density at radius 2 is 1.82 bits per heavy atom. The third-order valence-corrected chi connectivity index (χ3v) is 3.48. The summed E-state index contributed by atoms with van der Waals surface area (Å²) in [4.78, 5) is 4.56. The summed E-state index contributed by atoms with van der Waals surface area (Å²) >= 11 is 0. The van der Waals surface area contributed by atoms with Gasteiger partial charge in [-0.1, -0.05) is 27.7 Å². The summed E-state index contributed by atoms with van der Waals surface area (Å²) in [5, 5.41) is 9.11. The molecule has 1 aromatic heterocycles. The summed E-state index contributed by atoms with van der Waals surface area (Å²) in [6.07, 6.45) is 2.19. The number of pyridine rings is 1. The van der Waals surface area contributed by atoms with Gasteiger partial charge in [-0.05, 0) is 43.2 Å². The lowest BCUT2D eigenvalue weighted by Crippen LogP contribution is -2.15. The maximum atomic E-state index is 9.11. The van der Waals surface area contributed by atoms with Gasteiger partial charge in [0.2, 0.25) is 0 Å². The van der Waals surface area contributed by atoms with Gasteiger partial charge in [-0.2, -0.15) is 5.26 Å². The van der Waals surface area contributed by atoms with E-state index in [1.54, 1.807) is 0 Å². The van der Waals surface area contributed by atoms with E-state index in [9.17, 15) is 0 Å². The molecule has 0 radical (unpaired) electrons. The zero-order chi connectivity index (χ0) is 13.2. The molecule has 0 fully saturated rings. The molecule has 0 N–H and O–H groups in total. The van der Waals surface area contributed by atoms with Crippen molar-refractivity contribution in [2.75, 3.05) is 0 Å². The molecule has 1 aromatic rings. The van der Waals surface area contributed by atoms with Crippen LogP contribution in [-0.2, 0) is 11.8 Å². The monoisotopic (exact) mass is 230 g/mol. The lowest BCUT2D eigenvalue weighted by atomic mass is 9.83. The summed E-state index contributed by atoms with van der Waals surface area (Å²) in [7, 11) is 0. The molecule has 1 aliphatic carbocycles. The van der Waals surface area contributed by atoms with Crippen LogP contribution in [0.5, 0.6) is 0 Å².